The van der Waals surface area contributed by atoms with Crippen LogP contribution in [-0.4, -0.2) is 22.6 Å². The number of hydrogen-bond donors (Lipinski definition) is 5. The molecule has 98 valence electrons. The molecule has 0 radical (unpaired) electrons. The van der Waals surface area contributed by atoms with Gasteiger partial charge in [0.2, 0.25) is 0 Å². The maximum Gasteiger partial charge on any atom is 0.157 e. The first-order chi connectivity index (χ1) is 8.58. The van der Waals surface area contributed by atoms with Gasteiger partial charge in [0.15, 0.2) is 11.5 Å². The summed E-state index contributed by atoms with van der Waals surface area (Å²) in [4.78, 5) is 0. The second-order valence-corrected chi connectivity index (χ2v) is 4.71. The molecule has 0 aliphatic carbocycles. The van der Waals surface area contributed by atoms with Gasteiger partial charge in [0, 0.05) is 12.5 Å². The van der Waals surface area contributed by atoms with E-state index in [1.54, 1.807) is 12.1 Å². The number of nitrogens with one attached hydrogen (secondary N) is 2. The van der Waals surface area contributed by atoms with Crippen molar-refractivity contribution in [2.75, 3.05) is 6.54 Å². The molecule has 5 heteroatoms. The van der Waals surface area contributed by atoms with Crippen molar-refractivity contribution < 1.29 is 10.2 Å². The van der Waals surface area contributed by atoms with Crippen LogP contribution in [0.3, 0.4) is 0 Å². The second kappa shape index (κ2) is 5.27. The third kappa shape index (κ3) is 2.73. The van der Waals surface area contributed by atoms with Crippen molar-refractivity contribution in [3.63, 3.8) is 0 Å². The normalized spacial score (nSPS) is 18.3. The molecule has 0 unspecified atom stereocenters. The number of fused-ring (bicyclic) bond motifs is 1. The van der Waals surface area contributed by atoms with E-state index in [-0.39, 0.29) is 23.4 Å². The van der Waals surface area contributed by atoms with Crippen LogP contribution in [0.25, 0.3) is 0 Å². The first kappa shape index (κ1) is 12.7. The van der Waals surface area contributed by atoms with Crippen LogP contribution in [0, 0.1) is 5.41 Å². The fourth-order valence-corrected chi connectivity index (χ4v) is 2.42. The number of benzene rings is 1. The number of rotatable bonds is 4. The fraction of sp³-hybridized carbons (Fsp3) is 0.462. The van der Waals surface area contributed by atoms with Crippen molar-refractivity contribution in [1.82, 2.24) is 5.32 Å². The average molecular weight is 249 g/mol. The van der Waals surface area contributed by atoms with E-state index in [1.807, 2.05) is 0 Å². The van der Waals surface area contributed by atoms with Gasteiger partial charge in [-0.3, -0.25) is 5.41 Å². The lowest BCUT2D eigenvalue weighted by Gasteiger charge is -2.27. The van der Waals surface area contributed by atoms with Gasteiger partial charge < -0.3 is 21.3 Å². The van der Waals surface area contributed by atoms with E-state index >= 15 is 0 Å². The Balaban J connectivity index is 2.12. The molecule has 0 bridgehead atoms. The van der Waals surface area contributed by atoms with Crippen LogP contribution in [0.2, 0.25) is 0 Å². The molecule has 0 aromatic heterocycles. The molecule has 1 aromatic carbocycles. The molecule has 1 aliphatic rings. The van der Waals surface area contributed by atoms with Crippen molar-refractivity contribution in [2.24, 2.45) is 5.73 Å². The molecule has 0 saturated heterocycles. The molecule has 1 aromatic rings. The zero-order valence-electron chi connectivity index (χ0n) is 10.2. The molecule has 0 fully saturated rings. The lowest BCUT2D eigenvalue weighted by molar-refractivity contribution is 0.396. The van der Waals surface area contributed by atoms with Crippen molar-refractivity contribution in [1.29, 1.82) is 5.41 Å². The van der Waals surface area contributed by atoms with E-state index in [1.165, 1.54) is 0 Å². The zero-order chi connectivity index (χ0) is 13.1. The predicted octanol–water partition coefficient (Wildman–Crippen LogP) is 1.39. The van der Waals surface area contributed by atoms with Crippen LogP contribution in [0.15, 0.2) is 12.1 Å². The Kier molecular flexibility index (Phi) is 3.72. The largest absolute Gasteiger partial charge is 0.504 e. The number of nitrogens with two attached hydrogens (primary N) is 1. The minimum atomic E-state index is -0.0750. The summed E-state index contributed by atoms with van der Waals surface area (Å²) < 4.78 is 0. The minimum absolute atomic E-state index is 0.0573. The van der Waals surface area contributed by atoms with Crippen LogP contribution in [0.5, 0.6) is 11.5 Å². The summed E-state index contributed by atoms with van der Waals surface area (Å²) in [6.07, 6.45) is 3.16. The zero-order valence-corrected chi connectivity index (χ0v) is 10.2. The standard InChI is InChI=1S/C13H19N3O2/c14-13(15)3-1-2-10-9-7-12(18)11(17)6-8(9)4-5-16-10/h6-7,10,16-18H,1-5H2,(H3,14,15)/t10-/m0/s1. The maximum atomic E-state index is 9.57. The highest BCUT2D eigenvalue weighted by Crippen LogP contribution is 2.35. The third-order valence-electron chi connectivity index (χ3n) is 3.34. The SMILES string of the molecule is N=C(N)CCC[C@@H]1NCCc2cc(O)c(O)cc21. The topological polar surface area (TPSA) is 102 Å². The first-order valence-corrected chi connectivity index (χ1v) is 6.19. The number of phenols is 2. The highest BCUT2D eigenvalue weighted by Gasteiger charge is 2.21. The molecule has 6 N–H and O–H groups in total. The van der Waals surface area contributed by atoms with Crippen LogP contribution in [0.1, 0.15) is 36.4 Å². The lowest BCUT2D eigenvalue weighted by Crippen LogP contribution is -2.30. The van der Waals surface area contributed by atoms with Crippen LogP contribution in [0.4, 0.5) is 0 Å². The van der Waals surface area contributed by atoms with Gasteiger partial charge in [-0.25, -0.2) is 0 Å². The van der Waals surface area contributed by atoms with E-state index in [0.717, 1.165) is 36.9 Å². The monoisotopic (exact) mass is 249 g/mol. The summed E-state index contributed by atoms with van der Waals surface area (Å²) >= 11 is 0. The Hall–Kier alpha value is -1.75. The van der Waals surface area contributed by atoms with Gasteiger partial charge in [0.1, 0.15) is 0 Å². The van der Waals surface area contributed by atoms with Gasteiger partial charge in [-0.15, -0.1) is 0 Å². The number of phenolic OH excluding ortho intramolecular Hbond substituents is 2. The van der Waals surface area contributed by atoms with Crippen LogP contribution < -0.4 is 11.1 Å². The molecule has 1 aliphatic heterocycles. The van der Waals surface area contributed by atoms with E-state index in [2.05, 4.69) is 5.32 Å². The third-order valence-corrected chi connectivity index (χ3v) is 3.34. The molecule has 5 nitrogen and oxygen atoms in total. The molecule has 1 atom stereocenters. The molecule has 1 heterocycles. The average Bonchev–Trinajstić information content (AvgIpc) is 2.31. The van der Waals surface area contributed by atoms with Gasteiger partial charge in [-0.1, -0.05) is 0 Å². The molecular formula is C13H19N3O2. The Labute approximate surface area is 106 Å². The summed E-state index contributed by atoms with van der Waals surface area (Å²) in [6, 6.07) is 3.44. The van der Waals surface area contributed by atoms with Gasteiger partial charge in [0.05, 0.1) is 5.84 Å². The van der Waals surface area contributed by atoms with Crippen molar-refractivity contribution in [2.45, 2.75) is 31.7 Å². The minimum Gasteiger partial charge on any atom is -0.504 e. The van der Waals surface area contributed by atoms with Crippen molar-refractivity contribution in [3.8, 4) is 11.5 Å². The Morgan fingerprint density at radius 1 is 1.39 bits per heavy atom. The van der Waals surface area contributed by atoms with Crippen LogP contribution >= 0.6 is 0 Å². The number of amidine groups is 1. The highest BCUT2D eigenvalue weighted by atomic mass is 16.3. The summed E-state index contributed by atoms with van der Waals surface area (Å²) in [5.41, 5.74) is 7.46. The Morgan fingerprint density at radius 3 is 2.83 bits per heavy atom. The summed E-state index contributed by atoms with van der Waals surface area (Å²) in [7, 11) is 0. The quantitative estimate of drug-likeness (QED) is 0.316. The molecule has 0 spiro atoms. The highest BCUT2D eigenvalue weighted by molar-refractivity contribution is 5.76. The molecule has 2 rings (SSSR count). The van der Waals surface area contributed by atoms with E-state index in [4.69, 9.17) is 11.1 Å². The maximum absolute atomic E-state index is 9.57. The lowest BCUT2D eigenvalue weighted by atomic mass is 9.90. The summed E-state index contributed by atoms with van der Waals surface area (Å²) in [5.74, 6) is 0.0757. The van der Waals surface area contributed by atoms with E-state index in [9.17, 15) is 10.2 Å². The molecule has 0 amide bonds. The predicted molar refractivity (Wildman–Crippen MR) is 70.0 cm³/mol. The van der Waals surface area contributed by atoms with E-state index < -0.39 is 0 Å². The van der Waals surface area contributed by atoms with Gasteiger partial charge >= 0.3 is 0 Å². The number of hydrogen-bond acceptors (Lipinski definition) is 4. The molecule has 18 heavy (non-hydrogen) atoms. The molecule has 0 saturated carbocycles. The van der Waals surface area contributed by atoms with Gasteiger partial charge in [-0.05, 0) is 49.1 Å². The van der Waals surface area contributed by atoms with Gasteiger partial charge in [0.25, 0.3) is 0 Å². The summed E-state index contributed by atoms with van der Waals surface area (Å²) in [6.45, 7) is 0.863. The smallest absolute Gasteiger partial charge is 0.157 e. The van der Waals surface area contributed by atoms with Crippen molar-refractivity contribution in [3.05, 3.63) is 23.3 Å². The second-order valence-electron chi connectivity index (χ2n) is 4.71. The van der Waals surface area contributed by atoms with Crippen molar-refractivity contribution >= 4 is 5.84 Å². The first-order valence-electron chi connectivity index (χ1n) is 6.19. The Bertz CT molecular complexity index is 460. The molecular weight excluding hydrogens is 230 g/mol. The van der Waals surface area contributed by atoms with E-state index in [0.29, 0.717) is 6.42 Å². The van der Waals surface area contributed by atoms with Gasteiger partial charge in [-0.2, -0.15) is 0 Å². The Morgan fingerprint density at radius 2 is 2.11 bits per heavy atom. The van der Waals surface area contributed by atoms with Crippen LogP contribution in [-0.2, 0) is 6.42 Å². The number of aromatic hydroxyl groups is 2. The fourth-order valence-electron chi connectivity index (χ4n) is 2.42. The summed E-state index contributed by atoms with van der Waals surface area (Å²) in [5, 5.41) is 29.7.